The topological polar surface area (TPSA) is 17.8 Å². The molecule has 1 radical (unpaired) electrons. The van der Waals surface area contributed by atoms with Crippen molar-refractivity contribution in [1.82, 2.24) is 9.55 Å². The summed E-state index contributed by atoms with van der Waals surface area (Å²) in [5.74, 6) is 1.72. The van der Waals surface area contributed by atoms with Crippen LogP contribution < -0.4 is 0 Å². The van der Waals surface area contributed by atoms with E-state index in [9.17, 15) is 0 Å². The maximum atomic E-state index is 4.61. The molecule has 0 spiro atoms. The molecule has 0 saturated heterocycles. The fourth-order valence-corrected chi connectivity index (χ4v) is 4.68. The number of rotatable bonds is 8. The standard InChI is InChI=1S/C30H33N2.Ir/c1-5-24(6-2)20-25-12-14-26(15-13-25)21-27-18-22(3)29(23(4)19-27)32-17-16-31-30(32)28-10-8-7-9-11-28;/h7-10,12-19,24H,5-6,20-21H2,1-4H3;/q-1;. The SMILES string of the molecule is CCC(CC)Cc1ccc(Cc2cc(C)c(-n3ccnc3-c3[c-]cccc3)c(C)c2)cc1.[Ir]. The van der Waals surface area contributed by atoms with Gasteiger partial charge in [0.1, 0.15) is 0 Å². The molecule has 33 heavy (non-hydrogen) atoms. The van der Waals surface area contributed by atoms with Crippen LogP contribution >= 0.6 is 0 Å². The minimum Gasteiger partial charge on any atom is -0.340 e. The van der Waals surface area contributed by atoms with Crippen molar-refractivity contribution in [3.63, 3.8) is 0 Å². The molecule has 0 saturated carbocycles. The molecule has 0 atom stereocenters. The van der Waals surface area contributed by atoms with Crippen molar-refractivity contribution in [2.75, 3.05) is 0 Å². The molecule has 0 aliphatic carbocycles. The number of aromatic nitrogens is 2. The Morgan fingerprint density at radius 2 is 1.55 bits per heavy atom. The molecule has 173 valence electrons. The molecule has 3 aromatic carbocycles. The molecule has 1 aromatic heterocycles. The first-order valence-corrected chi connectivity index (χ1v) is 11.8. The van der Waals surface area contributed by atoms with Gasteiger partial charge < -0.3 is 4.57 Å². The zero-order chi connectivity index (χ0) is 22.5. The summed E-state index contributed by atoms with van der Waals surface area (Å²) in [6.07, 6.45) is 8.56. The minimum absolute atomic E-state index is 0. The van der Waals surface area contributed by atoms with Crippen LogP contribution in [0.4, 0.5) is 0 Å². The molecule has 0 unspecified atom stereocenters. The van der Waals surface area contributed by atoms with Gasteiger partial charge in [-0.25, -0.2) is 0 Å². The van der Waals surface area contributed by atoms with Crippen LogP contribution in [0.25, 0.3) is 17.1 Å². The molecular weight excluding hydrogens is 581 g/mol. The van der Waals surface area contributed by atoms with Crippen LogP contribution in [-0.4, -0.2) is 9.55 Å². The fourth-order valence-electron chi connectivity index (χ4n) is 4.68. The zero-order valence-electron chi connectivity index (χ0n) is 20.1. The number of imidazole rings is 1. The van der Waals surface area contributed by atoms with Crippen LogP contribution in [0, 0.1) is 25.8 Å². The van der Waals surface area contributed by atoms with Crippen molar-refractivity contribution < 1.29 is 20.1 Å². The van der Waals surface area contributed by atoms with E-state index in [0.29, 0.717) is 0 Å². The van der Waals surface area contributed by atoms with Crippen molar-refractivity contribution in [3.05, 3.63) is 107 Å². The van der Waals surface area contributed by atoms with E-state index >= 15 is 0 Å². The van der Waals surface area contributed by atoms with Crippen LogP contribution in [-0.2, 0) is 32.9 Å². The van der Waals surface area contributed by atoms with Crippen LogP contribution in [0.2, 0.25) is 0 Å². The smallest absolute Gasteiger partial charge is 0.0602 e. The van der Waals surface area contributed by atoms with Gasteiger partial charge in [-0.05, 0) is 60.4 Å². The van der Waals surface area contributed by atoms with Crippen LogP contribution in [0.1, 0.15) is 54.5 Å². The summed E-state index contributed by atoms with van der Waals surface area (Å²) in [6.45, 7) is 8.98. The van der Waals surface area contributed by atoms with Crippen molar-refractivity contribution in [1.29, 1.82) is 0 Å². The van der Waals surface area contributed by atoms with Gasteiger partial charge in [0, 0.05) is 38.2 Å². The molecule has 2 nitrogen and oxygen atoms in total. The summed E-state index contributed by atoms with van der Waals surface area (Å²) in [6, 6.07) is 25.2. The molecule has 0 N–H and O–H groups in total. The van der Waals surface area contributed by atoms with Gasteiger partial charge in [-0.3, -0.25) is 4.98 Å². The molecule has 1 heterocycles. The number of benzene rings is 3. The van der Waals surface area contributed by atoms with Crippen LogP contribution in [0.15, 0.2) is 73.1 Å². The third-order valence-electron chi connectivity index (χ3n) is 6.49. The summed E-state index contributed by atoms with van der Waals surface area (Å²) in [5, 5.41) is 0. The molecular formula is C30H33IrN2-. The van der Waals surface area contributed by atoms with Gasteiger partial charge in [0.25, 0.3) is 0 Å². The van der Waals surface area contributed by atoms with Crippen molar-refractivity contribution in [3.8, 4) is 17.1 Å². The predicted octanol–water partition coefficient (Wildman–Crippen LogP) is 7.52. The van der Waals surface area contributed by atoms with E-state index in [0.717, 1.165) is 23.7 Å². The maximum Gasteiger partial charge on any atom is 0.0602 e. The normalized spacial score (nSPS) is 10.9. The summed E-state index contributed by atoms with van der Waals surface area (Å²) in [5.41, 5.74) is 8.92. The Hall–Kier alpha value is -2.48. The van der Waals surface area contributed by atoms with E-state index in [-0.39, 0.29) is 20.1 Å². The van der Waals surface area contributed by atoms with Crippen molar-refractivity contribution >= 4 is 0 Å². The van der Waals surface area contributed by atoms with Gasteiger partial charge in [-0.15, -0.1) is 35.9 Å². The molecule has 0 aliphatic rings. The van der Waals surface area contributed by atoms with Gasteiger partial charge in [0.15, 0.2) is 0 Å². The van der Waals surface area contributed by atoms with E-state index in [4.69, 9.17) is 0 Å². The average Bonchev–Trinajstić information content (AvgIpc) is 3.28. The van der Waals surface area contributed by atoms with E-state index in [1.54, 1.807) is 0 Å². The second-order valence-electron chi connectivity index (χ2n) is 8.86. The Bertz CT molecular complexity index is 1130. The average molecular weight is 614 g/mol. The Morgan fingerprint density at radius 3 is 2.15 bits per heavy atom. The first-order valence-electron chi connectivity index (χ1n) is 11.8. The number of aryl methyl sites for hydroxylation is 2. The Labute approximate surface area is 212 Å². The first-order chi connectivity index (χ1) is 15.6. The molecule has 0 fully saturated rings. The zero-order valence-corrected chi connectivity index (χ0v) is 22.5. The second kappa shape index (κ2) is 11.6. The summed E-state index contributed by atoms with van der Waals surface area (Å²) in [7, 11) is 0. The van der Waals surface area contributed by atoms with Gasteiger partial charge >= 0.3 is 0 Å². The summed E-state index contributed by atoms with van der Waals surface area (Å²) in [4.78, 5) is 4.61. The van der Waals surface area contributed by atoms with Crippen molar-refractivity contribution in [2.45, 2.75) is 53.4 Å². The van der Waals surface area contributed by atoms with Gasteiger partial charge in [0.2, 0.25) is 0 Å². The monoisotopic (exact) mass is 614 g/mol. The first kappa shape index (κ1) is 25.1. The van der Waals surface area contributed by atoms with Gasteiger partial charge in [0.05, 0.1) is 5.82 Å². The summed E-state index contributed by atoms with van der Waals surface area (Å²) < 4.78 is 2.19. The number of hydrogen-bond acceptors (Lipinski definition) is 1. The maximum absolute atomic E-state index is 4.61. The van der Waals surface area contributed by atoms with E-state index in [1.165, 1.54) is 52.8 Å². The molecule has 0 amide bonds. The van der Waals surface area contributed by atoms with E-state index < -0.39 is 0 Å². The fraction of sp³-hybridized carbons (Fsp3) is 0.300. The second-order valence-corrected chi connectivity index (χ2v) is 8.86. The van der Waals surface area contributed by atoms with Crippen LogP contribution in [0.3, 0.4) is 0 Å². The molecule has 4 aromatic rings. The third kappa shape index (κ3) is 5.91. The Morgan fingerprint density at radius 1 is 0.879 bits per heavy atom. The predicted molar refractivity (Wildman–Crippen MR) is 134 cm³/mol. The molecule has 3 heteroatoms. The number of nitrogens with zero attached hydrogens (tertiary/aromatic N) is 2. The minimum atomic E-state index is 0. The quantitative estimate of drug-likeness (QED) is 0.188. The summed E-state index contributed by atoms with van der Waals surface area (Å²) >= 11 is 0. The van der Waals surface area contributed by atoms with Crippen molar-refractivity contribution in [2.24, 2.45) is 5.92 Å². The largest absolute Gasteiger partial charge is 0.340 e. The van der Waals surface area contributed by atoms with Crippen LogP contribution in [0.5, 0.6) is 0 Å². The molecule has 0 bridgehead atoms. The van der Waals surface area contributed by atoms with E-state index in [1.807, 2.05) is 30.6 Å². The third-order valence-corrected chi connectivity index (χ3v) is 6.49. The van der Waals surface area contributed by atoms with Gasteiger partial charge in [-0.1, -0.05) is 63.1 Å². The molecule has 0 aliphatic heterocycles. The number of hydrogen-bond donors (Lipinski definition) is 0. The Kier molecular flexibility index (Phi) is 8.83. The van der Waals surface area contributed by atoms with Gasteiger partial charge in [-0.2, -0.15) is 0 Å². The van der Waals surface area contributed by atoms with E-state index in [2.05, 4.69) is 85.8 Å². The Balaban J connectivity index is 0.00000306. The molecule has 4 rings (SSSR count).